The molecule has 0 aliphatic carbocycles. The molecule has 0 aromatic carbocycles. The topological polar surface area (TPSA) is 37.3 Å². The summed E-state index contributed by atoms with van der Waals surface area (Å²) in [6.45, 7) is 5.38. The number of aliphatic hydroxyl groups is 1. The Hall–Kier alpha value is -0.370. The number of carbonyl (C=O) groups excluding carboxylic acids is 1. The standard InChI is InChI=1S/C9H18O2/c1-4-6-9(3,11)7-5-8(2)10/h11H,4-7H2,1-3H3. The smallest absolute Gasteiger partial charge is 0.129 e. The monoisotopic (exact) mass is 158 g/mol. The van der Waals surface area contributed by atoms with Gasteiger partial charge in [-0.05, 0) is 26.7 Å². The van der Waals surface area contributed by atoms with Gasteiger partial charge in [0.15, 0.2) is 0 Å². The van der Waals surface area contributed by atoms with Gasteiger partial charge in [0.05, 0.1) is 5.60 Å². The van der Waals surface area contributed by atoms with Gasteiger partial charge in [0, 0.05) is 6.42 Å². The van der Waals surface area contributed by atoms with E-state index in [1.807, 2.05) is 6.92 Å². The van der Waals surface area contributed by atoms with Gasteiger partial charge in [-0.3, -0.25) is 0 Å². The molecule has 66 valence electrons. The average Bonchev–Trinajstić information content (AvgIpc) is 1.84. The predicted molar refractivity (Wildman–Crippen MR) is 45.4 cm³/mol. The molecule has 2 nitrogen and oxygen atoms in total. The van der Waals surface area contributed by atoms with Crippen molar-refractivity contribution in [3.8, 4) is 0 Å². The Morgan fingerprint density at radius 2 is 2.00 bits per heavy atom. The number of ketones is 1. The maximum Gasteiger partial charge on any atom is 0.129 e. The molecule has 0 amide bonds. The lowest BCUT2D eigenvalue weighted by Gasteiger charge is -2.21. The summed E-state index contributed by atoms with van der Waals surface area (Å²) in [6, 6.07) is 0. The highest BCUT2D eigenvalue weighted by atomic mass is 16.3. The third-order valence-corrected chi connectivity index (χ3v) is 1.80. The zero-order valence-electron chi connectivity index (χ0n) is 7.68. The van der Waals surface area contributed by atoms with Gasteiger partial charge in [0.25, 0.3) is 0 Å². The zero-order chi connectivity index (χ0) is 8.91. The fraction of sp³-hybridized carbons (Fsp3) is 0.889. The second-order valence-electron chi connectivity index (χ2n) is 3.45. The van der Waals surface area contributed by atoms with E-state index in [9.17, 15) is 9.90 Å². The quantitative estimate of drug-likeness (QED) is 0.663. The molecule has 0 radical (unpaired) electrons. The maximum atomic E-state index is 10.6. The van der Waals surface area contributed by atoms with Crippen LogP contribution in [0.4, 0.5) is 0 Å². The number of carbonyl (C=O) groups is 1. The van der Waals surface area contributed by atoms with E-state index < -0.39 is 5.60 Å². The van der Waals surface area contributed by atoms with Gasteiger partial charge in [0.2, 0.25) is 0 Å². The molecule has 0 rings (SSSR count). The third-order valence-electron chi connectivity index (χ3n) is 1.80. The van der Waals surface area contributed by atoms with Crippen molar-refractivity contribution in [3.63, 3.8) is 0 Å². The Kier molecular flexibility index (Phi) is 4.34. The number of rotatable bonds is 5. The average molecular weight is 158 g/mol. The highest BCUT2D eigenvalue weighted by Gasteiger charge is 2.18. The molecule has 0 bridgehead atoms. The summed E-state index contributed by atoms with van der Waals surface area (Å²) in [5.74, 6) is 0.154. The summed E-state index contributed by atoms with van der Waals surface area (Å²) in [7, 11) is 0. The van der Waals surface area contributed by atoms with Crippen LogP contribution in [0.1, 0.15) is 46.5 Å². The Bertz CT molecular complexity index is 128. The molecule has 0 aromatic rings. The molecular formula is C9H18O2. The van der Waals surface area contributed by atoms with E-state index in [2.05, 4.69) is 0 Å². The number of hydrogen-bond donors (Lipinski definition) is 1. The first-order valence-electron chi connectivity index (χ1n) is 4.20. The van der Waals surface area contributed by atoms with Gasteiger partial charge in [0.1, 0.15) is 5.78 Å². The van der Waals surface area contributed by atoms with E-state index in [-0.39, 0.29) is 5.78 Å². The SMILES string of the molecule is CCCC(C)(O)CCC(C)=O. The van der Waals surface area contributed by atoms with Crippen molar-refractivity contribution in [2.24, 2.45) is 0 Å². The molecular weight excluding hydrogens is 140 g/mol. The van der Waals surface area contributed by atoms with E-state index >= 15 is 0 Å². The van der Waals surface area contributed by atoms with Crippen LogP contribution in [0.25, 0.3) is 0 Å². The number of Topliss-reactive ketones (excluding diaryl/α,β-unsaturated/α-hetero) is 1. The van der Waals surface area contributed by atoms with Gasteiger partial charge < -0.3 is 9.90 Å². The highest BCUT2D eigenvalue weighted by Crippen LogP contribution is 2.18. The molecule has 0 aliphatic rings. The van der Waals surface area contributed by atoms with Crippen LogP contribution in [0, 0.1) is 0 Å². The lowest BCUT2D eigenvalue weighted by Crippen LogP contribution is -2.24. The molecule has 11 heavy (non-hydrogen) atoms. The van der Waals surface area contributed by atoms with Crippen molar-refractivity contribution in [1.29, 1.82) is 0 Å². The highest BCUT2D eigenvalue weighted by molar-refractivity contribution is 5.75. The molecule has 0 saturated heterocycles. The van der Waals surface area contributed by atoms with Crippen LogP contribution in [0.15, 0.2) is 0 Å². The van der Waals surface area contributed by atoms with Gasteiger partial charge in [-0.15, -0.1) is 0 Å². The lowest BCUT2D eigenvalue weighted by atomic mass is 9.94. The van der Waals surface area contributed by atoms with Gasteiger partial charge >= 0.3 is 0 Å². The Morgan fingerprint density at radius 1 is 1.45 bits per heavy atom. The Balaban J connectivity index is 3.63. The molecule has 0 aliphatic heterocycles. The van der Waals surface area contributed by atoms with Crippen LogP contribution < -0.4 is 0 Å². The van der Waals surface area contributed by atoms with Crippen LogP contribution in [-0.4, -0.2) is 16.5 Å². The molecule has 1 unspecified atom stereocenters. The summed E-state index contributed by atoms with van der Waals surface area (Å²) < 4.78 is 0. The second-order valence-corrected chi connectivity index (χ2v) is 3.45. The lowest BCUT2D eigenvalue weighted by molar-refractivity contribution is -0.118. The first kappa shape index (κ1) is 10.6. The second kappa shape index (κ2) is 4.50. The fourth-order valence-electron chi connectivity index (χ4n) is 1.11. The predicted octanol–water partition coefficient (Wildman–Crippen LogP) is 1.91. The Labute approximate surface area is 68.6 Å². The molecule has 1 atom stereocenters. The minimum Gasteiger partial charge on any atom is -0.390 e. The normalized spacial score (nSPS) is 16.0. The summed E-state index contributed by atoms with van der Waals surface area (Å²) in [6.07, 6.45) is 2.83. The van der Waals surface area contributed by atoms with Crippen LogP contribution in [0.5, 0.6) is 0 Å². The van der Waals surface area contributed by atoms with Crippen LogP contribution in [0.2, 0.25) is 0 Å². The number of hydrogen-bond acceptors (Lipinski definition) is 2. The summed E-state index contributed by atoms with van der Waals surface area (Å²) in [5.41, 5.74) is -0.638. The fourth-order valence-corrected chi connectivity index (χ4v) is 1.11. The van der Waals surface area contributed by atoms with E-state index in [1.165, 1.54) is 0 Å². The van der Waals surface area contributed by atoms with Crippen LogP contribution >= 0.6 is 0 Å². The van der Waals surface area contributed by atoms with Crippen molar-refractivity contribution in [1.82, 2.24) is 0 Å². The van der Waals surface area contributed by atoms with Gasteiger partial charge in [-0.1, -0.05) is 13.3 Å². The first-order chi connectivity index (χ1) is 4.98. The molecule has 0 fully saturated rings. The van der Waals surface area contributed by atoms with Crippen molar-refractivity contribution >= 4 is 5.78 Å². The minimum atomic E-state index is -0.638. The third kappa shape index (κ3) is 6.05. The van der Waals surface area contributed by atoms with Crippen LogP contribution in [-0.2, 0) is 4.79 Å². The van der Waals surface area contributed by atoms with Gasteiger partial charge in [-0.2, -0.15) is 0 Å². The van der Waals surface area contributed by atoms with Crippen molar-refractivity contribution < 1.29 is 9.90 Å². The molecule has 1 N–H and O–H groups in total. The molecule has 0 aromatic heterocycles. The summed E-state index contributed by atoms with van der Waals surface area (Å²) in [5, 5.41) is 9.61. The van der Waals surface area contributed by atoms with E-state index in [4.69, 9.17) is 0 Å². The largest absolute Gasteiger partial charge is 0.390 e. The molecule has 0 heterocycles. The minimum absolute atomic E-state index is 0.154. The van der Waals surface area contributed by atoms with E-state index in [0.717, 1.165) is 12.8 Å². The summed E-state index contributed by atoms with van der Waals surface area (Å²) in [4.78, 5) is 10.6. The van der Waals surface area contributed by atoms with Crippen LogP contribution in [0.3, 0.4) is 0 Å². The van der Waals surface area contributed by atoms with Crippen molar-refractivity contribution in [2.45, 2.75) is 52.1 Å². The molecule has 0 spiro atoms. The Morgan fingerprint density at radius 3 is 2.36 bits per heavy atom. The first-order valence-corrected chi connectivity index (χ1v) is 4.20. The van der Waals surface area contributed by atoms with Crippen molar-refractivity contribution in [2.75, 3.05) is 0 Å². The van der Waals surface area contributed by atoms with Gasteiger partial charge in [-0.25, -0.2) is 0 Å². The zero-order valence-corrected chi connectivity index (χ0v) is 7.68. The molecule has 0 saturated carbocycles. The van der Waals surface area contributed by atoms with E-state index in [1.54, 1.807) is 13.8 Å². The maximum absolute atomic E-state index is 10.6. The summed E-state index contributed by atoms with van der Waals surface area (Å²) >= 11 is 0. The molecule has 2 heteroatoms. The van der Waals surface area contributed by atoms with Crippen molar-refractivity contribution in [3.05, 3.63) is 0 Å². The van der Waals surface area contributed by atoms with E-state index in [0.29, 0.717) is 12.8 Å².